The quantitative estimate of drug-likeness (QED) is 0.795. The number of nitrogens with one attached hydrogen (secondary N) is 1. The van der Waals surface area contributed by atoms with Gasteiger partial charge in [0.1, 0.15) is 10.8 Å². The van der Waals surface area contributed by atoms with Gasteiger partial charge in [0, 0.05) is 12.4 Å². The second-order valence-corrected chi connectivity index (χ2v) is 4.98. The van der Waals surface area contributed by atoms with Gasteiger partial charge in [-0.1, -0.05) is 23.9 Å². The number of anilines is 2. The fraction of sp³-hybridized carbons (Fsp3) is 0.214. The molecule has 3 N–H and O–H groups in total. The van der Waals surface area contributed by atoms with Crippen molar-refractivity contribution in [3.63, 3.8) is 0 Å². The van der Waals surface area contributed by atoms with Gasteiger partial charge in [0.05, 0.1) is 18.0 Å². The second kappa shape index (κ2) is 7.49. The highest BCUT2D eigenvalue weighted by molar-refractivity contribution is 8.00. The molecule has 0 spiro atoms. The second-order valence-electron chi connectivity index (χ2n) is 4.01. The molecule has 1 amide bonds. The van der Waals surface area contributed by atoms with Crippen LogP contribution in [0.25, 0.3) is 0 Å². The lowest BCUT2D eigenvalue weighted by molar-refractivity contribution is -0.113. The van der Waals surface area contributed by atoms with Crippen molar-refractivity contribution in [1.82, 2.24) is 9.97 Å². The summed E-state index contributed by atoms with van der Waals surface area (Å²) in [4.78, 5) is 20.0. The highest BCUT2D eigenvalue weighted by Gasteiger charge is 2.09. The molecule has 1 aromatic heterocycles. The van der Waals surface area contributed by atoms with Gasteiger partial charge in [0.25, 0.3) is 0 Å². The number of aromatic nitrogens is 2. The molecule has 21 heavy (non-hydrogen) atoms. The SMILES string of the molecule is CCOc1ccccc1NC(=O)CSc1nccnc1N. The predicted molar refractivity (Wildman–Crippen MR) is 83.4 cm³/mol. The number of nitrogens with zero attached hydrogens (tertiary/aromatic N) is 2. The van der Waals surface area contributed by atoms with Crippen LogP contribution in [0.5, 0.6) is 5.75 Å². The minimum Gasteiger partial charge on any atom is -0.492 e. The Hall–Kier alpha value is -2.28. The Labute approximate surface area is 127 Å². The Balaban J connectivity index is 1.95. The van der Waals surface area contributed by atoms with Crippen molar-refractivity contribution < 1.29 is 9.53 Å². The van der Waals surface area contributed by atoms with Crippen LogP contribution in [0.1, 0.15) is 6.92 Å². The first-order valence-corrected chi connectivity index (χ1v) is 7.40. The summed E-state index contributed by atoms with van der Waals surface area (Å²) in [7, 11) is 0. The molecule has 0 aliphatic heterocycles. The van der Waals surface area contributed by atoms with Crippen LogP contribution in [-0.2, 0) is 4.79 Å². The molecule has 0 bridgehead atoms. The maximum Gasteiger partial charge on any atom is 0.234 e. The number of nitrogen functional groups attached to an aromatic ring is 1. The van der Waals surface area contributed by atoms with Crippen LogP contribution in [0.15, 0.2) is 41.7 Å². The summed E-state index contributed by atoms with van der Waals surface area (Å²) in [5.41, 5.74) is 6.33. The molecular weight excluding hydrogens is 288 g/mol. The zero-order valence-electron chi connectivity index (χ0n) is 11.6. The summed E-state index contributed by atoms with van der Waals surface area (Å²) >= 11 is 1.24. The van der Waals surface area contributed by atoms with Crippen LogP contribution in [0, 0.1) is 0 Å². The lowest BCUT2D eigenvalue weighted by Crippen LogP contribution is -2.15. The summed E-state index contributed by atoms with van der Waals surface area (Å²) in [6.45, 7) is 2.43. The highest BCUT2D eigenvalue weighted by Crippen LogP contribution is 2.25. The summed E-state index contributed by atoms with van der Waals surface area (Å²) in [6.07, 6.45) is 3.05. The molecule has 0 aliphatic rings. The van der Waals surface area contributed by atoms with Crippen LogP contribution in [0.3, 0.4) is 0 Å². The normalized spacial score (nSPS) is 10.1. The average Bonchev–Trinajstić information content (AvgIpc) is 2.49. The van der Waals surface area contributed by atoms with Crippen molar-refractivity contribution in [1.29, 1.82) is 0 Å². The van der Waals surface area contributed by atoms with E-state index in [0.29, 0.717) is 28.9 Å². The highest BCUT2D eigenvalue weighted by atomic mass is 32.2. The van der Waals surface area contributed by atoms with Gasteiger partial charge in [0.2, 0.25) is 5.91 Å². The number of ether oxygens (including phenoxy) is 1. The maximum atomic E-state index is 12.0. The summed E-state index contributed by atoms with van der Waals surface area (Å²) < 4.78 is 5.46. The van der Waals surface area contributed by atoms with E-state index < -0.39 is 0 Å². The molecule has 1 heterocycles. The minimum absolute atomic E-state index is 0.155. The van der Waals surface area contributed by atoms with Crippen molar-refractivity contribution in [2.75, 3.05) is 23.4 Å². The Morgan fingerprint density at radius 1 is 1.33 bits per heavy atom. The summed E-state index contributed by atoms with van der Waals surface area (Å²) in [6, 6.07) is 7.30. The molecule has 7 heteroatoms. The number of hydrogen-bond acceptors (Lipinski definition) is 6. The van der Waals surface area contributed by atoms with Crippen molar-refractivity contribution in [2.45, 2.75) is 11.9 Å². The van der Waals surface area contributed by atoms with Crippen LogP contribution in [-0.4, -0.2) is 28.2 Å². The standard InChI is InChI=1S/C14H16N4O2S/c1-2-20-11-6-4-3-5-10(11)18-12(19)9-21-14-13(15)16-7-8-17-14/h3-8H,2,9H2,1H3,(H2,15,16)(H,18,19). The molecule has 0 unspecified atom stereocenters. The zero-order chi connectivity index (χ0) is 15.1. The van der Waals surface area contributed by atoms with Gasteiger partial charge in [-0.15, -0.1) is 0 Å². The molecular formula is C14H16N4O2S. The summed E-state index contributed by atoms with van der Waals surface area (Å²) in [5, 5.41) is 3.36. The minimum atomic E-state index is -0.155. The molecule has 2 aromatic rings. The van der Waals surface area contributed by atoms with Crippen molar-refractivity contribution in [3.05, 3.63) is 36.7 Å². The molecule has 0 saturated heterocycles. The molecule has 110 valence electrons. The lowest BCUT2D eigenvalue weighted by Gasteiger charge is -2.11. The van der Waals surface area contributed by atoms with Crippen LogP contribution >= 0.6 is 11.8 Å². The van der Waals surface area contributed by atoms with E-state index >= 15 is 0 Å². The van der Waals surface area contributed by atoms with E-state index in [-0.39, 0.29) is 11.7 Å². The van der Waals surface area contributed by atoms with E-state index in [1.54, 1.807) is 12.3 Å². The molecule has 1 aromatic carbocycles. The Kier molecular flexibility index (Phi) is 5.39. The van der Waals surface area contributed by atoms with Crippen molar-refractivity contribution >= 4 is 29.2 Å². The first-order valence-electron chi connectivity index (χ1n) is 6.41. The Morgan fingerprint density at radius 3 is 2.86 bits per heavy atom. The monoisotopic (exact) mass is 304 g/mol. The largest absolute Gasteiger partial charge is 0.492 e. The number of para-hydroxylation sites is 2. The number of rotatable bonds is 6. The Morgan fingerprint density at radius 2 is 2.10 bits per heavy atom. The number of carbonyl (C=O) groups excluding carboxylic acids is 1. The van der Waals surface area contributed by atoms with Crippen LogP contribution < -0.4 is 15.8 Å². The molecule has 6 nitrogen and oxygen atoms in total. The smallest absolute Gasteiger partial charge is 0.234 e. The van der Waals surface area contributed by atoms with Gasteiger partial charge < -0.3 is 15.8 Å². The molecule has 2 rings (SSSR count). The van der Waals surface area contributed by atoms with Gasteiger partial charge in [-0.25, -0.2) is 9.97 Å². The van der Waals surface area contributed by atoms with Gasteiger partial charge in [-0.3, -0.25) is 4.79 Å². The third kappa shape index (κ3) is 4.35. The van der Waals surface area contributed by atoms with E-state index in [1.807, 2.05) is 25.1 Å². The predicted octanol–water partition coefficient (Wildman–Crippen LogP) is 2.19. The van der Waals surface area contributed by atoms with E-state index in [2.05, 4.69) is 15.3 Å². The van der Waals surface area contributed by atoms with E-state index in [4.69, 9.17) is 10.5 Å². The number of amides is 1. The molecule has 0 aliphatic carbocycles. The first kappa shape index (κ1) is 15.1. The van der Waals surface area contributed by atoms with Crippen molar-refractivity contribution in [2.24, 2.45) is 0 Å². The lowest BCUT2D eigenvalue weighted by atomic mass is 10.3. The molecule has 0 fully saturated rings. The third-order valence-corrected chi connectivity index (χ3v) is 3.49. The van der Waals surface area contributed by atoms with E-state index in [9.17, 15) is 4.79 Å². The molecule has 0 atom stereocenters. The van der Waals surface area contributed by atoms with Crippen LogP contribution in [0.4, 0.5) is 11.5 Å². The molecule has 0 radical (unpaired) electrons. The topological polar surface area (TPSA) is 90.1 Å². The van der Waals surface area contributed by atoms with Gasteiger partial charge in [-0.2, -0.15) is 0 Å². The Bertz CT molecular complexity index is 621. The number of carbonyl (C=O) groups is 1. The average molecular weight is 304 g/mol. The first-order chi connectivity index (χ1) is 10.2. The summed E-state index contributed by atoms with van der Waals surface area (Å²) in [5.74, 6) is 1.02. The fourth-order valence-electron chi connectivity index (χ4n) is 1.62. The van der Waals surface area contributed by atoms with E-state index in [0.717, 1.165) is 0 Å². The fourth-order valence-corrected chi connectivity index (χ4v) is 2.29. The van der Waals surface area contributed by atoms with Crippen LogP contribution in [0.2, 0.25) is 0 Å². The number of nitrogens with two attached hydrogens (primary N) is 1. The maximum absolute atomic E-state index is 12.0. The van der Waals surface area contributed by atoms with E-state index in [1.165, 1.54) is 18.0 Å². The number of benzene rings is 1. The third-order valence-electron chi connectivity index (χ3n) is 2.49. The zero-order valence-corrected chi connectivity index (χ0v) is 12.4. The van der Waals surface area contributed by atoms with Gasteiger partial charge in [0.15, 0.2) is 5.82 Å². The number of thioether (sulfide) groups is 1. The van der Waals surface area contributed by atoms with Gasteiger partial charge >= 0.3 is 0 Å². The van der Waals surface area contributed by atoms with Crippen molar-refractivity contribution in [3.8, 4) is 5.75 Å². The molecule has 0 saturated carbocycles. The van der Waals surface area contributed by atoms with Gasteiger partial charge in [-0.05, 0) is 19.1 Å². The number of hydrogen-bond donors (Lipinski definition) is 2.